The predicted molar refractivity (Wildman–Crippen MR) is 102 cm³/mol. The van der Waals surface area contributed by atoms with Crippen LogP contribution >= 0.6 is 11.6 Å². The molecule has 0 aliphatic rings. The Hall–Kier alpha value is -2.35. The molecule has 2 N–H and O–H groups in total. The molecular formula is C18H18ClN2O4S+. The summed E-state index contributed by atoms with van der Waals surface area (Å²) in [6, 6.07) is 14.9. The highest BCUT2D eigenvalue weighted by Gasteiger charge is 2.21. The Bertz CT molecular complexity index is 1030. The lowest BCUT2D eigenvalue weighted by molar-refractivity contribution is -0.677. The quantitative estimate of drug-likeness (QED) is 0.472. The molecular weight excluding hydrogens is 376 g/mol. The summed E-state index contributed by atoms with van der Waals surface area (Å²) in [4.78, 5) is 0. The Morgan fingerprint density at radius 2 is 1.96 bits per heavy atom. The zero-order valence-corrected chi connectivity index (χ0v) is 15.4. The highest BCUT2D eigenvalue weighted by molar-refractivity contribution is 7.85. The molecule has 0 saturated heterocycles. The van der Waals surface area contributed by atoms with Crippen molar-refractivity contribution >= 4 is 44.6 Å². The van der Waals surface area contributed by atoms with E-state index in [0.717, 1.165) is 11.2 Å². The van der Waals surface area contributed by atoms with E-state index >= 15 is 0 Å². The fourth-order valence-corrected chi connectivity index (χ4v) is 3.24. The lowest BCUT2D eigenvalue weighted by Crippen LogP contribution is -2.36. The van der Waals surface area contributed by atoms with Gasteiger partial charge in [-0.2, -0.15) is 13.0 Å². The minimum Gasteiger partial charge on any atom is -0.398 e. The van der Waals surface area contributed by atoms with E-state index in [2.05, 4.69) is 5.32 Å². The third-order valence-electron chi connectivity index (χ3n) is 3.73. The van der Waals surface area contributed by atoms with Crippen LogP contribution in [0.4, 0.5) is 5.69 Å². The molecule has 0 atom stereocenters. The van der Waals surface area contributed by atoms with Crippen LogP contribution < -0.4 is 9.88 Å². The zero-order chi connectivity index (χ0) is 18.6. The van der Waals surface area contributed by atoms with Gasteiger partial charge in [0.2, 0.25) is 5.58 Å². The number of aryl methyl sites for hydroxylation is 1. The van der Waals surface area contributed by atoms with Gasteiger partial charge in [-0.3, -0.25) is 4.55 Å². The fourth-order valence-electron chi connectivity index (χ4n) is 2.58. The summed E-state index contributed by atoms with van der Waals surface area (Å²) in [5.74, 6) is 0.222. The third-order valence-corrected chi connectivity index (χ3v) is 4.77. The van der Waals surface area contributed by atoms with Gasteiger partial charge in [0, 0.05) is 29.4 Å². The second-order valence-electron chi connectivity index (χ2n) is 5.69. The largest absolute Gasteiger partial charge is 0.398 e. The van der Waals surface area contributed by atoms with E-state index < -0.39 is 10.1 Å². The van der Waals surface area contributed by atoms with Gasteiger partial charge in [0.05, 0.1) is 11.8 Å². The maximum atomic E-state index is 11.0. The minimum absolute atomic E-state index is 0.248. The van der Waals surface area contributed by atoms with Gasteiger partial charge in [0.15, 0.2) is 6.54 Å². The Labute approximate surface area is 156 Å². The van der Waals surface area contributed by atoms with Crippen molar-refractivity contribution in [1.29, 1.82) is 0 Å². The van der Waals surface area contributed by atoms with Crippen LogP contribution in [-0.2, 0) is 16.7 Å². The molecule has 0 aliphatic carbocycles. The minimum atomic E-state index is -4.00. The standard InChI is InChI=1S/C18H17ClN2O4S/c19-14-7-8-17-16(13-14)21(11-4-12-26(22,23)24)18(25-17)9-10-20-15-5-2-1-3-6-15/h1-3,5-10,13H,4,11-12H2,(H,22,23,24)/p+1. The number of halogens is 1. The molecule has 1 aromatic heterocycles. The van der Waals surface area contributed by atoms with Crippen LogP contribution in [0, 0.1) is 0 Å². The fraction of sp³-hybridized carbons (Fsp3) is 0.167. The summed E-state index contributed by atoms with van der Waals surface area (Å²) in [7, 11) is -4.00. The van der Waals surface area contributed by atoms with Gasteiger partial charge in [0.1, 0.15) is 0 Å². The summed E-state index contributed by atoms with van der Waals surface area (Å²) in [5, 5.41) is 3.70. The van der Waals surface area contributed by atoms with Crippen molar-refractivity contribution in [2.24, 2.45) is 0 Å². The number of hydrogen-bond acceptors (Lipinski definition) is 4. The van der Waals surface area contributed by atoms with Crippen LogP contribution in [0.2, 0.25) is 5.02 Å². The number of anilines is 1. The number of rotatable bonds is 7. The smallest absolute Gasteiger partial charge is 0.375 e. The van der Waals surface area contributed by atoms with Crippen LogP contribution in [0.25, 0.3) is 17.2 Å². The third kappa shape index (κ3) is 4.85. The first kappa shape index (κ1) is 18.4. The second kappa shape index (κ2) is 7.90. The van der Waals surface area contributed by atoms with Gasteiger partial charge in [-0.15, -0.1) is 0 Å². The summed E-state index contributed by atoms with van der Waals surface area (Å²) in [5.41, 5.74) is 2.33. The molecule has 0 radical (unpaired) electrons. The maximum absolute atomic E-state index is 11.0. The van der Waals surface area contributed by atoms with Gasteiger partial charge in [0.25, 0.3) is 15.6 Å². The highest BCUT2D eigenvalue weighted by Crippen LogP contribution is 2.20. The normalized spacial score (nSPS) is 12.1. The van der Waals surface area contributed by atoms with Crippen LogP contribution in [-0.4, -0.2) is 18.7 Å². The molecule has 0 amide bonds. The number of aromatic nitrogens is 1. The number of oxazole rings is 1. The van der Waals surface area contributed by atoms with E-state index in [1.54, 1.807) is 30.5 Å². The van der Waals surface area contributed by atoms with Crippen molar-refractivity contribution < 1.29 is 22.0 Å². The summed E-state index contributed by atoms with van der Waals surface area (Å²) in [6.45, 7) is 0.359. The van der Waals surface area contributed by atoms with E-state index in [9.17, 15) is 8.42 Å². The average molecular weight is 394 g/mol. The molecule has 3 rings (SSSR count). The first-order valence-electron chi connectivity index (χ1n) is 7.97. The summed E-state index contributed by atoms with van der Waals surface area (Å²) in [6.07, 6.45) is 3.75. The van der Waals surface area contributed by atoms with Crippen LogP contribution in [0.3, 0.4) is 0 Å². The topological polar surface area (TPSA) is 83.4 Å². The van der Waals surface area contributed by atoms with Crippen molar-refractivity contribution in [1.82, 2.24) is 0 Å². The van der Waals surface area contributed by atoms with Crippen LogP contribution in [0.15, 0.2) is 59.1 Å². The lowest BCUT2D eigenvalue weighted by Gasteiger charge is -1.98. The average Bonchev–Trinajstić information content (AvgIpc) is 2.92. The maximum Gasteiger partial charge on any atom is 0.375 e. The lowest BCUT2D eigenvalue weighted by atomic mass is 10.3. The molecule has 6 nitrogen and oxygen atoms in total. The van der Waals surface area contributed by atoms with E-state index in [4.69, 9.17) is 20.6 Å². The molecule has 8 heteroatoms. The molecule has 0 spiro atoms. The summed E-state index contributed by atoms with van der Waals surface area (Å²) < 4.78 is 38.5. The first-order valence-corrected chi connectivity index (χ1v) is 9.96. The molecule has 0 aliphatic heterocycles. The Morgan fingerprint density at radius 3 is 2.69 bits per heavy atom. The second-order valence-corrected chi connectivity index (χ2v) is 7.70. The number of nitrogens with one attached hydrogen (secondary N) is 1. The van der Waals surface area contributed by atoms with Gasteiger partial charge in [-0.25, -0.2) is 0 Å². The molecule has 0 bridgehead atoms. The summed E-state index contributed by atoms with van der Waals surface area (Å²) >= 11 is 6.07. The van der Waals surface area contributed by atoms with Crippen molar-refractivity contribution in [2.75, 3.05) is 11.1 Å². The number of hydrogen-bond donors (Lipinski definition) is 2. The van der Waals surface area contributed by atoms with Crippen molar-refractivity contribution in [3.8, 4) is 0 Å². The van der Waals surface area contributed by atoms with E-state index in [0.29, 0.717) is 23.0 Å². The molecule has 0 saturated carbocycles. The predicted octanol–water partition coefficient (Wildman–Crippen LogP) is 3.73. The molecule has 2 aromatic carbocycles. The van der Waals surface area contributed by atoms with Crippen molar-refractivity contribution in [3.63, 3.8) is 0 Å². The van der Waals surface area contributed by atoms with Crippen molar-refractivity contribution in [2.45, 2.75) is 13.0 Å². The van der Waals surface area contributed by atoms with Crippen LogP contribution in [0.1, 0.15) is 12.3 Å². The van der Waals surface area contributed by atoms with Gasteiger partial charge in [-0.05, 0) is 24.3 Å². The molecule has 3 aromatic rings. The Morgan fingerprint density at radius 1 is 1.19 bits per heavy atom. The Kier molecular flexibility index (Phi) is 5.61. The number of fused-ring (bicyclic) bond motifs is 1. The molecule has 0 fully saturated rings. The number of nitrogens with zero attached hydrogens (tertiary/aromatic N) is 1. The number of para-hydroxylation sites is 1. The monoisotopic (exact) mass is 393 g/mol. The van der Waals surface area contributed by atoms with Gasteiger partial charge in [-0.1, -0.05) is 29.8 Å². The SMILES string of the molecule is O=S(=O)(O)CCC[n+]1c(/C=C/Nc2ccccc2)oc2ccc(Cl)cc21. The van der Waals surface area contributed by atoms with E-state index in [1.807, 2.05) is 34.9 Å². The van der Waals surface area contributed by atoms with E-state index in [1.165, 1.54) is 0 Å². The van der Waals surface area contributed by atoms with E-state index in [-0.39, 0.29) is 12.2 Å². The molecule has 0 unspecified atom stereocenters. The highest BCUT2D eigenvalue weighted by atomic mass is 35.5. The van der Waals surface area contributed by atoms with Crippen molar-refractivity contribution in [3.05, 3.63) is 65.6 Å². The van der Waals surface area contributed by atoms with Crippen LogP contribution in [0.5, 0.6) is 0 Å². The van der Waals surface area contributed by atoms with Gasteiger partial charge >= 0.3 is 5.89 Å². The molecule has 26 heavy (non-hydrogen) atoms. The van der Waals surface area contributed by atoms with Gasteiger partial charge < -0.3 is 9.73 Å². The molecule has 136 valence electrons. The first-order chi connectivity index (χ1) is 12.4. The zero-order valence-electron chi connectivity index (χ0n) is 13.8. The Balaban J connectivity index is 1.86. The molecule has 1 heterocycles. The number of benzene rings is 2.